The largest absolute Gasteiger partial charge is 0.376 e. The van der Waals surface area contributed by atoms with Gasteiger partial charge in [-0.25, -0.2) is 9.36 Å². The van der Waals surface area contributed by atoms with Crippen LogP contribution >= 0.6 is 11.3 Å². The van der Waals surface area contributed by atoms with Gasteiger partial charge >= 0.3 is 5.69 Å². The molecule has 1 atom stereocenters. The molecule has 0 saturated carbocycles. The van der Waals surface area contributed by atoms with Crippen molar-refractivity contribution in [3.63, 3.8) is 0 Å². The predicted octanol–water partition coefficient (Wildman–Crippen LogP) is 1.62. The molecule has 2 amide bonds. The van der Waals surface area contributed by atoms with Gasteiger partial charge in [0.15, 0.2) is 5.78 Å². The summed E-state index contributed by atoms with van der Waals surface area (Å²) in [5, 5.41) is 3.22. The first-order valence-electron chi connectivity index (χ1n) is 12.3. The predicted molar refractivity (Wildman–Crippen MR) is 138 cm³/mol. The zero-order valence-electron chi connectivity index (χ0n) is 20.7. The van der Waals surface area contributed by atoms with Crippen LogP contribution in [0.1, 0.15) is 47.5 Å². The molecule has 1 fully saturated rings. The Hall–Kier alpha value is -3.57. The van der Waals surface area contributed by atoms with E-state index in [-0.39, 0.29) is 35.9 Å². The second-order valence-corrected chi connectivity index (χ2v) is 10.5. The first kappa shape index (κ1) is 25.1. The van der Waals surface area contributed by atoms with Crippen LogP contribution in [0.15, 0.2) is 33.9 Å². The molecule has 2 aromatic heterocycles. The third-order valence-corrected chi connectivity index (χ3v) is 8.17. The number of hydrogen-bond acceptors (Lipinski definition) is 7. The molecule has 2 aliphatic heterocycles. The van der Waals surface area contributed by atoms with Crippen molar-refractivity contribution < 1.29 is 19.1 Å². The highest BCUT2D eigenvalue weighted by Crippen LogP contribution is 2.33. The molecule has 11 heteroatoms. The van der Waals surface area contributed by atoms with Crippen molar-refractivity contribution in [1.82, 2.24) is 19.4 Å². The zero-order valence-corrected chi connectivity index (χ0v) is 21.6. The van der Waals surface area contributed by atoms with Crippen molar-refractivity contribution >= 4 is 39.2 Å². The third kappa shape index (κ3) is 4.76. The number of carbonyl (C=O) groups excluding carboxylic acids is 3. The molecule has 4 heterocycles. The molecule has 1 saturated heterocycles. The van der Waals surface area contributed by atoms with E-state index < -0.39 is 11.2 Å². The molecule has 2 aliphatic rings. The van der Waals surface area contributed by atoms with Gasteiger partial charge in [0.05, 0.1) is 23.7 Å². The second-order valence-electron chi connectivity index (χ2n) is 9.43. The van der Waals surface area contributed by atoms with Crippen LogP contribution in [0.4, 0.5) is 0 Å². The SMILES string of the molecule is CC(=O)c1cccc(-n2c(=O)c3c4c(sc3n(CC(=O)NC[C@@H]3CCCO3)c2=O)CN(C(C)=O)CC4)c1. The van der Waals surface area contributed by atoms with Gasteiger partial charge in [0.2, 0.25) is 11.8 Å². The summed E-state index contributed by atoms with van der Waals surface area (Å²) in [5.74, 6) is -0.618. The van der Waals surface area contributed by atoms with Gasteiger partial charge in [-0.2, -0.15) is 0 Å². The normalized spacial score (nSPS) is 17.1. The quantitative estimate of drug-likeness (QED) is 0.490. The van der Waals surface area contributed by atoms with Crippen LogP contribution in [-0.4, -0.2) is 57.4 Å². The van der Waals surface area contributed by atoms with E-state index in [9.17, 15) is 24.0 Å². The molecule has 0 unspecified atom stereocenters. The van der Waals surface area contributed by atoms with E-state index in [0.717, 1.165) is 27.8 Å². The fourth-order valence-corrected chi connectivity index (χ4v) is 6.28. The van der Waals surface area contributed by atoms with Gasteiger partial charge in [-0.3, -0.25) is 23.7 Å². The van der Waals surface area contributed by atoms with E-state index in [4.69, 9.17) is 4.74 Å². The van der Waals surface area contributed by atoms with E-state index in [2.05, 4.69) is 5.32 Å². The minimum atomic E-state index is -0.660. The second kappa shape index (κ2) is 10.1. The molecule has 0 aliphatic carbocycles. The molecule has 0 spiro atoms. The van der Waals surface area contributed by atoms with Crippen molar-refractivity contribution in [2.75, 3.05) is 19.7 Å². The lowest BCUT2D eigenvalue weighted by molar-refractivity contribution is -0.129. The van der Waals surface area contributed by atoms with Crippen molar-refractivity contribution in [3.8, 4) is 5.69 Å². The Morgan fingerprint density at radius 3 is 2.70 bits per heavy atom. The molecule has 0 radical (unpaired) electrons. The minimum Gasteiger partial charge on any atom is -0.376 e. The van der Waals surface area contributed by atoms with Crippen LogP contribution < -0.4 is 16.6 Å². The molecule has 3 aromatic rings. The number of benzene rings is 1. The van der Waals surface area contributed by atoms with Crippen molar-refractivity contribution in [2.45, 2.75) is 52.3 Å². The molecule has 0 bridgehead atoms. The highest BCUT2D eigenvalue weighted by atomic mass is 32.1. The minimum absolute atomic E-state index is 0.0458. The molecule has 194 valence electrons. The van der Waals surface area contributed by atoms with Gasteiger partial charge < -0.3 is 15.0 Å². The Balaban J connectivity index is 1.64. The summed E-state index contributed by atoms with van der Waals surface area (Å²) in [5.41, 5.74) is 0.277. The van der Waals surface area contributed by atoms with Crippen LogP contribution in [0.25, 0.3) is 15.9 Å². The number of rotatable bonds is 6. The third-order valence-electron chi connectivity index (χ3n) is 6.93. The molecule has 5 rings (SSSR count). The highest BCUT2D eigenvalue weighted by Gasteiger charge is 2.28. The molecule has 1 N–H and O–H groups in total. The highest BCUT2D eigenvalue weighted by molar-refractivity contribution is 7.18. The number of hydrogen-bond donors (Lipinski definition) is 1. The Morgan fingerprint density at radius 2 is 2.00 bits per heavy atom. The van der Waals surface area contributed by atoms with E-state index in [1.807, 2.05) is 0 Å². The maximum atomic E-state index is 13.8. The van der Waals surface area contributed by atoms with Crippen LogP contribution in [0.2, 0.25) is 0 Å². The number of aromatic nitrogens is 2. The number of Topliss-reactive ketones (excluding diaryl/α,β-unsaturated/α-hetero) is 1. The summed E-state index contributed by atoms with van der Waals surface area (Å²) in [7, 11) is 0. The maximum Gasteiger partial charge on any atom is 0.337 e. The number of carbonyl (C=O) groups is 3. The molecular weight excluding hydrogens is 496 g/mol. The van der Waals surface area contributed by atoms with Gasteiger partial charge in [-0.15, -0.1) is 11.3 Å². The van der Waals surface area contributed by atoms with Crippen LogP contribution in [0.5, 0.6) is 0 Å². The lowest BCUT2D eigenvalue weighted by Crippen LogP contribution is -2.42. The van der Waals surface area contributed by atoms with Crippen molar-refractivity contribution in [2.24, 2.45) is 0 Å². The van der Waals surface area contributed by atoms with Gasteiger partial charge in [-0.05, 0) is 43.9 Å². The van der Waals surface area contributed by atoms with Gasteiger partial charge in [-0.1, -0.05) is 12.1 Å². The van der Waals surface area contributed by atoms with Crippen LogP contribution in [0, 0.1) is 0 Å². The lowest BCUT2D eigenvalue weighted by Gasteiger charge is -2.25. The van der Waals surface area contributed by atoms with E-state index in [0.29, 0.717) is 48.4 Å². The molecular formula is C26H28N4O6S. The average Bonchev–Trinajstić information content (AvgIpc) is 3.53. The summed E-state index contributed by atoms with van der Waals surface area (Å²) in [4.78, 5) is 67.4. The summed E-state index contributed by atoms with van der Waals surface area (Å²) >= 11 is 1.27. The number of amides is 2. The van der Waals surface area contributed by atoms with Gasteiger partial charge in [0.1, 0.15) is 11.4 Å². The summed E-state index contributed by atoms with van der Waals surface area (Å²) in [6, 6.07) is 6.35. The van der Waals surface area contributed by atoms with Gasteiger partial charge in [0, 0.05) is 37.1 Å². The Labute approximate surface area is 216 Å². The summed E-state index contributed by atoms with van der Waals surface area (Å²) in [6.07, 6.45) is 2.24. The van der Waals surface area contributed by atoms with Crippen LogP contribution in [-0.2, 0) is 33.8 Å². The number of nitrogens with one attached hydrogen (secondary N) is 1. The smallest absolute Gasteiger partial charge is 0.337 e. The topological polar surface area (TPSA) is 120 Å². The summed E-state index contributed by atoms with van der Waals surface area (Å²) in [6.45, 7) is 4.48. The fourth-order valence-electron chi connectivity index (χ4n) is 4.94. The lowest BCUT2D eigenvalue weighted by atomic mass is 10.1. The summed E-state index contributed by atoms with van der Waals surface area (Å²) < 4.78 is 7.93. The monoisotopic (exact) mass is 524 g/mol. The number of nitrogens with zero attached hydrogens (tertiary/aromatic N) is 3. The molecule has 1 aromatic carbocycles. The number of ether oxygens (including phenoxy) is 1. The van der Waals surface area contributed by atoms with E-state index >= 15 is 0 Å². The maximum absolute atomic E-state index is 13.8. The van der Waals surface area contributed by atoms with E-state index in [1.54, 1.807) is 23.1 Å². The standard InChI is InChI=1S/C26H28N4O6S/c1-15(31)17-5-3-6-18(11-17)30-24(34)23-20-8-9-28(16(2)32)13-21(20)37-25(23)29(26(30)35)14-22(33)27-12-19-7-4-10-36-19/h3,5-6,11,19H,4,7-10,12-14H2,1-2H3,(H,27,33)/t19-/m0/s1. The Morgan fingerprint density at radius 1 is 1.19 bits per heavy atom. The molecule has 37 heavy (non-hydrogen) atoms. The average molecular weight is 525 g/mol. The number of ketones is 1. The molecule has 10 nitrogen and oxygen atoms in total. The number of fused-ring (bicyclic) bond motifs is 3. The first-order valence-corrected chi connectivity index (χ1v) is 13.1. The van der Waals surface area contributed by atoms with Crippen molar-refractivity contribution in [3.05, 3.63) is 61.1 Å². The first-order chi connectivity index (χ1) is 17.7. The fraction of sp³-hybridized carbons (Fsp3) is 0.423. The zero-order chi connectivity index (χ0) is 26.3. The number of thiophene rings is 1. The van der Waals surface area contributed by atoms with Crippen LogP contribution in [0.3, 0.4) is 0 Å². The van der Waals surface area contributed by atoms with Gasteiger partial charge in [0.25, 0.3) is 5.56 Å². The Kier molecular flexibility index (Phi) is 6.82. The Bertz CT molecular complexity index is 1530. The van der Waals surface area contributed by atoms with Crippen molar-refractivity contribution in [1.29, 1.82) is 0 Å². The van der Waals surface area contributed by atoms with E-state index in [1.165, 1.54) is 35.8 Å².